The fraction of sp³-hybridized carbons (Fsp3) is 0.615. The van der Waals surface area contributed by atoms with E-state index in [0.29, 0.717) is 19.1 Å². The lowest BCUT2D eigenvalue weighted by Gasteiger charge is -2.13. The van der Waals surface area contributed by atoms with Crippen LogP contribution < -0.4 is 10.6 Å². The molecule has 4 heteroatoms. The third kappa shape index (κ3) is 3.09. The van der Waals surface area contributed by atoms with Crippen LogP contribution in [0, 0.1) is 5.92 Å². The molecule has 0 spiro atoms. The summed E-state index contributed by atoms with van der Waals surface area (Å²) in [4.78, 5) is 11.5. The van der Waals surface area contributed by atoms with Gasteiger partial charge in [-0.1, -0.05) is 0 Å². The number of nitrogens with one attached hydrogen (secondary N) is 2. The van der Waals surface area contributed by atoms with Gasteiger partial charge in [0.2, 0.25) is 5.91 Å². The molecular weight excluding hydrogens is 214 g/mol. The van der Waals surface area contributed by atoms with Gasteiger partial charge in [-0.15, -0.1) is 0 Å². The van der Waals surface area contributed by atoms with Crippen molar-refractivity contribution in [2.45, 2.75) is 32.4 Å². The summed E-state index contributed by atoms with van der Waals surface area (Å²) in [7, 11) is 2.00. The van der Waals surface area contributed by atoms with Gasteiger partial charge in [-0.25, -0.2) is 0 Å². The van der Waals surface area contributed by atoms with Crippen molar-refractivity contribution in [2.24, 2.45) is 5.92 Å². The SMILES string of the molecule is CCNC(=O)Cn1ccc(C(NC)C2CC2)c1. The summed E-state index contributed by atoms with van der Waals surface area (Å²) >= 11 is 0. The highest BCUT2D eigenvalue weighted by Gasteiger charge is 2.31. The van der Waals surface area contributed by atoms with Crippen molar-refractivity contribution in [1.82, 2.24) is 15.2 Å². The molecule has 1 atom stereocenters. The molecule has 1 aliphatic carbocycles. The standard InChI is InChI=1S/C13H21N3O/c1-3-15-12(17)9-16-7-6-11(8-16)13(14-2)10-4-5-10/h6-8,10,13-14H,3-5,9H2,1-2H3,(H,15,17). The molecule has 94 valence electrons. The van der Waals surface area contributed by atoms with E-state index in [-0.39, 0.29) is 5.91 Å². The van der Waals surface area contributed by atoms with Crippen LogP contribution in [0.15, 0.2) is 18.5 Å². The van der Waals surface area contributed by atoms with Crippen molar-refractivity contribution in [1.29, 1.82) is 0 Å². The van der Waals surface area contributed by atoms with Crippen molar-refractivity contribution in [3.8, 4) is 0 Å². The van der Waals surface area contributed by atoms with Gasteiger partial charge < -0.3 is 15.2 Å². The van der Waals surface area contributed by atoms with Crippen LogP contribution in [0.2, 0.25) is 0 Å². The molecule has 2 rings (SSSR count). The van der Waals surface area contributed by atoms with E-state index in [0.717, 1.165) is 5.92 Å². The molecule has 0 aromatic carbocycles. The number of likely N-dealkylation sites (N-methyl/N-ethyl adjacent to an activating group) is 1. The zero-order valence-electron chi connectivity index (χ0n) is 10.6. The Morgan fingerprint density at radius 1 is 1.59 bits per heavy atom. The van der Waals surface area contributed by atoms with Crippen molar-refractivity contribution in [2.75, 3.05) is 13.6 Å². The van der Waals surface area contributed by atoms with Crippen molar-refractivity contribution < 1.29 is 4.79 Å². The van der Waals surface area contributed by atoms with Crippen LogP contribution in [0.25, 0.3) is 0 Å². The molecular formula is C13H21N3O. The molecule has 1 unspecified atom stereocenters. The minimum Gasteiger partial charge on any atom is -0.355 e. The lowest BCUT2D eigenvalue weighted by molar-refractivity contribution is -0.121. The van der Waals surface area contributed by atoms with Gasteiger partial charge in [-0.05, 0) is 44.4 Å². The van der Waals surface area contributed by atoms with Gasteiger partial charge in [0.05, 0.1) is 0 Å². The van der Waals surface area contributed by atoms with E-state index in [1.54, 1.807) is 0 Å². The minimum absolute atomic E-state index is 0.0714. The lowest BCUT2D eigenvalue weighted by atomic mass is 10.1. The number of hydrogen-bond donors (Lipinski definition) is 2. The highest BCUT2D eigenvalue weighted by atomic mass is 16.1. The van der Waals surface area contributed by atoms with Crippen molar-refractivity contribution >= 4 is 5.91 Å². The van der Waals surface area contributed by atoms with E-state index in [1.807, 2.05) is 24.7 Å². The van der Waals surface area contributed by atoms with E-state index >= 15 is 0 Å². The van der Waals surface area contributed by atoms with Crippen molar-refractivity contribution in [3.05, 3.63) is 24.0 Å². The predicted molar refractivity (Wildman–Crippen MR) is 67.6 cm³/mol. The smallest absolute Gasteiger partial charge is 0.239 e. The van der Waals surface area contributed by atoms with E-state index in [2.05, 4.69) is 22.9 Å². The Balaban J connectivity index is 1.97. The number of amides is 1. The molecule has 0 saturated heterocycles. The second kappa shape index (κ2) is 5.36. The number of hydrogen-bond acceptors (Lipinski definition) is 2. The van der Waals surface area contributed by atoms with Crippen LogP contribution >= 0.6 is 0 Å². The van der Waals surface area contributed by atoms with Crippen LogP contribution in [0.4, 0.5) is 0 Å². The molecule has 1 fully saturated rings. The highest BCUT2D eigenvalue weighted by molar-refractivity contribution is 5.75. The Morgan fingerprint density at radius 2 is 2.35 bits per heavy atom. The summed E-state index contributed by atoms with van der Waals surface area (Å²) in [6.07, 6.45) is 6.69. The molecule has 0 aliphatic heterocycles. The van der Waals surface area contributed by atoms with Gasteiger partial charge in [0.1, 0.15) is 6.54 Å². The fourth-order valence-electron chi connectivity index (χ4n) is 2.26. The summed E-state index contributed by atoms with van der Waals surface area (Å²) in [5.41, 5.74) is 1.29. The highest BCUT2D eigenvalue weighted by Crippen LogP contribution is 2.40. The maximum Gasteiger partial charge on any atom is 0.239 e. The van der Waals surface area contributed by atoms with Crippen LogP contribution in [0.3, 0.4) is 0 Å². The van der Waals surface area contributed by atoms with Gasteiger partial charge in [0.15, 0.2) is 0 Å². The summed E-state index contributed by atoms with van der Waals surface area (Å²) in [6, 6.07) is 2.56. The first kappa shape index (κ1) is 12.2. The molecule has 0 radical (unpaired) electrons. The van der Waals surface area contributed by atoms with Crippen LogP contribution in [-0.2, 0) is 11.3 Å². The number of rotatable bonds is 6. The second-order valence-electron chi connectivity index (χ2n) is 4.67. The summed E-state index contributed by atoms with van der Waals surface area (Å²) < 4.78 is 1.95. The number of carbonyl (C=O) groups excluding carboxylic acids is 1. The molecule has 0 bridgehead atoms. The van der Waals surface area contributed by atoms with E-state index in [4.69, 9.17) is 0 Å². The monoisotopic (exact) mass is 235 g/mol. The lowest BCUT2D eigenvalue weighted by Crippen LogP contribution is -2.26. The summed E-state index contributed by atoms with van der Waals surface area (Å²) in [5, 5.41) is 6.16. The van der Waals surface area contributed by atoms with Gasteiger partial charge in [0.25, 0.3) is 0 Å². The molecule has 1 heterocycles. The third-order valence-corrected chi connectivity index (χ3v) is 3.24. The third-order valence-electron chi connectivity index (χ3n) is 3.24. The summed E-state index contributed by atoms with van der Waals surface area (Å²) in [6.45, 7) is 3.03. The van der Waals surface area contributed by atoms with Gasteiger partial charge in [0, 0.05) is 25.0 Å². The molecule has 4 nitrogen and oxygen atoms in total. The largest absolute Gasteiger partial charge is 0.355 e. The zero-order valence-corrected chi connectivity index (χ0v) is 10.6. The molecule has 1 aromatic heterocycles. The van der Waals surface area contributed by atoms with E-state index < -0.39 is 0 Å². The number of carbonyl (C=O) groups is 1. The topological polar surface area (TPSA) is 46.1 Å². The Bertz CT molecular complexity index is 382. The predicted octanol–water partition coefficient (Wildman–Crippen LogP) is 1.29. The van der Waals surface area contributed by atoms with E-state index in [9.17, 15) is 4.79 Å². The number of nitrogens with zero attached hydrogens (tertiary/aromatic N) is 1. The molecule has 1 amide bonds. The van der Waals surface area contributed by atoms with Crippen LogP contribution in [0.1, 0.15) is 31.4 Å². The average Bonchev–Trinajstić information content (AvgIpc) is 3.02. The molecule has 2 N–H and O–H groups in total. The Hall–Kier alpha value is -1.29. The van der Waals surface area contributed by atoms with Crippen LogP contribution in [0.5, 0.6) is 0 Å². The maximum atomic E-state index is 11.5. The van der Waals surface area contributed by atoms with Gasteiger partial charge >= 0.3 is 0 Å². The Morgan fingerprint density at radius 3 is 2.94 bits per heavy atom. The molecule has 17 heavy (non-hydrogen) atoms. The first-order chi connectivity index (χ1) is 8.24. The second-order valence-corrected chi connectivity index (χ2v) is 4.67. The molecule has 1 saturated carbocycles. The fourth-order valence-corrected chi connectivity index (χ4v) is 2.26. The zero-order chi connectivity index (χ0) is 12.3. The first-order valence-corrected chi connectivity index (χ1v) is 6.34. The van der Waals surface area contributed by atoms with Gasteiger partial charge in [-0.3, -0.25) is 4.79 Å². The normalized spacial score (nSPS) is 16.8. The first-order valence-electron chi connectivity index (χ1n) is 6.34. The molecule has 1 aliphatic rings. The summed E-state index contributed by atoms with van der Waals surface area (Å²) in [5.74, 6) is 0.849. The van der Waals surface area contributed by atoms with E-state index in [1.165, 1.54) is 18.4 Å². The van der Waals surface area contributed by atoms with Crippen molar-refractivity contribution in [3.63, 3.8) is 0 Å². The molecule has 1 aromatic rings. The minimum atomic E-state index is 0.0714. The van der Waals surface area contributed by atoms with Gasteiger partial charge in [-0.2, -0.15) is 0 Å². The Kier molecular flexibility index (Phi) is 3.84. The quantitative estimate of drug-likeness (QED) is 0.780. The Labute approximate surface area is 102 Å². The number of aromatic nitrogens is 1. The average molecular weight is 235 g/mol. The van der Waals surface area contributed by atoms with Crippen LogP contribution in [-0.4, -0.2) is 24.1 Å². The maximum absolute atomic E-state index is 11.5.